The van der Waals surface area contributed by atoms with Crippen molar-refractivity contribution in [2.75, 3.05) is 7.11 Å². The maximum atomic E-state index is 13.0. The molecule has 26 heavy (non-hydrogen) atoms. The van der Waals surface area contributed by atoms with Crippen LogP contribution in [0.4, 0.5) is 0 Å². The lowest BCUT2D eigenvalue weighted by atomic mass is 10.1. The highest BCUT2D eigenvalue weighted by Gasteiger charge is 2.17. The molecule has 0 fully saturated rings. The fourth-order valence-corrected chi connectivity index (χ4v) is 4.43. The Morgan fingerprint density at radius 2 is 1.81 bits per heavy atom. The minimum absolute atomic E-state index is 0.0910. The fraction of sp³-hybridized carbons (Fsp3) is 0.200. The molecule has 0 aliphatic heterocycles. The van der Waals surface area contributed by atoms with E-state index >= 15 is 0 Å². The van der Waals surface area contributed by atoms with Crippen molar-refractivity contribution < 1.29 is 9.53 Å². The number of methoxy groups -OCH3 is 1. The van der Waals surface area contributed by atoms with E-state index in [0.29, 0.717) is 6.54 Å². The molecule has 2 aromatic heterocycles. The predicted octanol–water partition coefficient (Wildman–Crippen LogP) is 3.55. The van der Waals surface area contributed by atoms with Gasteiger partial charge in [0.05, 0.1) is 24.7 Å². The van der Waals surface area contributed by atoms with Crippen LogP contribution in [0.1, 0.15) is 11.1 Å². The van der Waals surface area contributed by atoms with Gasteiger partial charge in [-0.15, -0.1) is 11.3 Å². The summed E-state index contributed by atoms with van der Waals surface area (Å²) in [4.78, 5) is 24.7. The van der Waals surface area contributed by atoms with E-state index in [4.69, 9.17) is 4.74 Å². The van der Waals surface area contributed by atoms with Gasteiger partial charge in [-0.3, -0.25) is 13.9 Å². The number of aryl methyl sites for hydroxylation is 1. The second-order valence-electron chi connectivity index (χ2n) is 6.23. The molecule has 0 radical (unpaired) electrons. The number of hydrogen-bond donors (Lipinski definition) is 0. The van der Waals surface area contributed by atoms with Crippen LogP contribution in [0.25, 0.3) is 21.1 Å². The van der Waals surface area contributed by atoms with Crippen LogP contribution < -0.4 is 5.69 Å². The minimum Gasteiger partial charge on any atom is -0.468 e. The van der Waals surface area contributed by atoms with Crippen LogP contribution in [0, 0.1) is 6.92 Å². The van der Waals surface area contributed by atoms with E-state index < -0.39 is 5.97 Å². The third-order valence-electron chi connectivity index (χ3n) is 4.65. The number of imidazole rings is 1. The average Bonchev–Trinajstić information content (AvgIpc) is 3.18. The topological polar surface area (TPSA) is 53.2 Å². The molecule has 0 saturated carbocycles. The molecule has 0 amide bonds. The van der Waals surface area contributed by atoms with Gasteiger partial charge in [-0.1, -0.05) is 24.3 Å². The number of hydrogen-bond acceptors (Lipinski definition) is 4. The van der Waals surface area contributed by atoms with Gasteiger partial charge in [-0.25, -0.2) is 4.79 Å². The second-order valence-corrected chi connectivity index (χ2v) is 7.14. The summed E-state index contributed by atoms with van der Waals surface area (Å²) < 4.78 is 9.16. The largest absolute Gasteiger partial charge is 0.468 e. The minimum atomic E-state index is -0.438. The highest BCUT2D eigenvalue weighted by molar-refractivity contribution is 7.17. The Bertz CT molecular complexity index is 1180. The summed E-state index contributed by atoms with van der Waals surface area (Å²) in [6.45, 7) is 2.46. The highest BCUT2D eigenvalue weighted by atomic mass is 32.1. The zero-order valence-corrected chi connectivity index (χ0v) is 15.4. The molecule has 0 atom stereocenters. The standard InChI is InChI=1S/C20H18N2O3S/c1-13-6-5-9-17-19(13)14(12-26-17)10-21-15-7-3-4-8-16(15)22(20(21)24)11-18(23)25-2/h3-9,12H,10-11H2,1-2H3. The number of para-hydroxylation sites is 2. The highest BCUT2D eigenvalue weighted by Crippen LogP contribution is 2.29. The van der Waals surface area contributed by atoms with Crippen LogP contribution in [-0.4, -0.2) is 22.2 Å². The first-order valence-corrected chi connectivity index (χ1v) is 9.18. The lowest BCUT2D eigenvalue weighted by molar-refractivity contribution is -0.141. The zero-order valence-electron chi connectivity index (χ0n) is 14.6. The molecule has 0 N–H and O–H groups in total. The summed E-state index contributed by atoms with van der Waals surface area (Å²) in [6.07, 6.45) is 0. The summed E-state index contributed by atoms with van der Waals surface area (Å²) in [5.74, 6) is -0.438. The van der Waals surface area contributed by atoms with Crippen molar-refractivity contribution in [1.29, 1.82) is 0 Å². The zero-order chi connectivity index (χ0) is 18.3. The first kappa shape index (κ1) is 16.6. The van der Waals surface area contributed by atoms with Crippen molar-refractivity contribution in [3.05, 3.63) is 69.5 Å². The number of rotatable bonds is 4. The third kappa shape index (κ3) is 2.63. The van der Waals surface area contributed by atoms with Gasteiger partial charge in [0.2, 0.25) is 0 Å². The molecule has 0 aliphatic carbocycles. The van der Waals surface area contributed by atoms with E-state index in [9.17, 15) is 9.59 Å². The molecule has 6 heteroatoms. The van der Waals surface area contributed by atoms with Crippen molar-refractivity contribution in [3.8, 4) is 0 Å². The van der Waals surface area contributed by atoms with Gasteiger partial charge < -0.3 is 4.74 Å². The first-order valence-electron chi connectivity index (χ1n) is 8.30. The normalized spacial score (nSPS) is 11.3. The second kappa shape index (κ2) is 6.46. The third-order valence-corrected chi connectivity index (χ3v) is 5.65. The molecule has 2 heterocycles. The average molecular weight is 366 g/mol. The maximum absolute atomic E-state index is 13.0. The van der Waals surface area contributed by atoms with Gasteiger partial charge in [0, 0.05) is 10.1 Å². The SMILES string of the molecule is COC(=O)Cn1c(=O)n(Cc2csc3cccc(C)c23)c2ccccc21. The van der Waals surface area contributed by atoms with Gasteiger partial charge in [0.15, 0.2) is 0 Å². The fourth-order valence-electron chi connectivity index (χ4n) is 3.40. The van der Waals surface area contributed by atoms with Gasteiger partial charge in [0.1, 0.15) is 6.54 Å². The molecule has 2 aromatic carbocycles. The Hall–Kier alpha value is -2.86. The molecular weight excluding hydrogens is 348 g/mol. The Morgan fingerprint density at radius 3 is 2.54 bits per heavy atom. The number of ether oxygens (including phenoxy) is 1. The molecule has 5 nitrogen and oxygen atoms in total. The number of benzene rings is 2. The number of carbonyl (C=O) groups excluding carboxylic acids is 1. The number of esters is 1. The van der Waals surface area contributed by atoms with Crippen molar-refractivity contribution in [1.82, 2.24) is 9.13 Å². The number of thiophene rings is 1. The smallest absolute Gasteiger partial charge is 0.329 e. The van der Waals surface area contributed by atoms with Crippen LogP contribution in [0.3, 0.4) is 0 Å². The number of aromatic nitrogens is 2. The Labute approximate surface area is 154 Å². The number of fused-ring (bicyclic) bond motifs is 2. The maximum Gasteiger partial charge on any atom is 0.329 e. The van der Waals surface area contributed by atoms with Crippen molar-refractivity contribution >= 4 is 38.4 Å². The lowest BCUT2D eigenvalue weighted by Crippen LogP contribution is -2.27. The van der Waals surface area contributed by atoms with E-state index in [-0.39, 0.29) is 12.2 Å². The number of nitrogens with zero attached hydrogens (tertiary/aromatic N) is 2. The Balaban J connectivity index is 1.88. The monoisotopic (exact) mass is 366 g/mol. The molecule has 0 aliphatic rings. The molecule has 0 bridgehead atoms. The van der Waals surface area contributed by atoms with Gasteiger partial charge >= 0.3 is 11.7 Å². The summed E-state index contributed by atoms with van der Waals surface area (Å²) in [5, 5.41) is 3.31. The molecule has 0 saturated heterocycles. The van der Waals surface area contributed by atoms with Crippen molar-refractivity contribution in [2.45, 2.75) is 20.0 Å². The number of carbonyl (C=O) groups is 1. The van der Waals surface area contributed by atoms with Crippen molar-refractivity contribution in [3.63, 3.8) is 0 Å². The first-order chi connectivity index (χ1) is 12.6. The van der Waals surface area contributed by atoms with Gasteiger partial charge in [-0.2, -0.15) is 0 Å². The quantitative estimate of drug-likeness (QED) is 0.519. The Kier molecular flexibility index (Phi) is 4.12. The van der Waals surface area contributed by atoms with E-state index in [1.807, 2.05) is 30.3 Å². The van der Waals surface area contributed by atoms with Crippen molar-refractivity contribution in [2.24, 2.45) is 0 Å². The molecule has 0 unspecified atom stereocenters. The predicted molar refractivity (Wildman–Crippen MR) is 104 cm³/mol. The lowest BCUT2D eigenvalue weighted by Gasteiger charge is -2.04. The van der Waals surface area contributed by atoms with E-state index in [1.165, 1.54) is 27.3 Å². The molecule has 4 rings (SSSR count). The Morgan fingerprint density at radius 1 is 1.08 bits per heavy atom. The summed E-state index contributed by atoms with van der Waals surface area (Å²) in [5.41, 5.74) is 3.66. The van der Waals surface area contributed by atoms with Crippen LogP contribution in [0.15, 0.2) is 52.6 Å². The van der Waals surface area contributed by atoms with E-state index in [1.54, 1.807) is 15.9 Å². The summed E-state index contributed by atoms with van der Waals surface area (Å²) in [6, 6.07) is 13.8. The van der Waals surface area contributed by atoms with Crippen LogP contribution in [0.2, 0.25) is 0 Å². The van der Waals surface area contributed by atoms with E-state index in [2.05, 4.69) is 24.4 Å². The summed E-state index contributed by atoms with van der Waals surface area (Å²) >= 11 is 1.68. The molecular formula is C20H18N2O3S. The molecule has 132 valence electrons. The van der Waals surface area contributed by atoms with Crippen LogP contribution >= 0.6 is 11.3 Å². The van der Waals surface area contributed by atoms with Crippen LogP contribution in [-0.2, 0) is 22.6 Å². The molecule has 0 spiro atoms. The van der Waals surface area contributed by atoms with E-state index in [0.717, 1.165) is 16.6 Å². The molecule has 4 aromatic rings. The summed E-state index contributed by atoms with van der Waals surface area (Å²) in [7, 11) is 1.33. The van der Waals surface area contributed by atoms with Gasteiger partial charge in [-0.05, 0) is 41.6 Å². The van der Waals surface area contributed by atoms with Gasteiger partial charge in [0.25, 0.3) is 0 Å². The van der Waals surface area contributed by atoms with Crippen LogP contribution in [0.5, 0.6) is 0 Å².